The zero-order chi connectivity index (χ0) is 17.8. The fourth-order valence-corrected chi connectivity index (χ4v) is 3.04. The number of Topliss-reactive ketones (excluding diaryl/α,β-unsaturated/α-hetero) is 1. The van der Waals surface area contributed by atoms with E-state index in [0.29, 0.717) is 30.4 Å². The number of likely N-dealkylation sites (tertiary alicyclic amines) is 1. The first kappa shape index (κ1) is 17.3. The monoisotopic (exact) mass is 345 g/mol. The van der Waals surface area contributed by atoms with Crippen LogP contribution >= 0.6 is 0 Å². The quantitative estimate of drug-likeness (QED) is 0.779. The van der Waals surface area contributed by atoms with Crippen LogP contribution in [0.4, 0.5) is 4.39 Å². The molecule has 1 amide bonds. The number of carbonyl (C=O) groups is 2. The smallest absolute Gasteiger partial charge is 0.231 e. The highest BCUT2D eigenvalue weighted by Gasteiger charge is 2.28. The summed E-state index contributed by atoms with van der Waals surface area (Å²) in [6.07, 6.45) is 2.03. The molecular weight excluding hydrogens is 325 g/mol. The van der Waals surface area contributed by atoms with Crippen molar-refractivity contribution in [2.45, 2.75) is 38.5 Å². The van der Waals surface area contributed by atoms with Crippen molar-refractivity contribution in [1.82, 2.24) is 15.0 Å². The van der Waals surface area contributed by atoms with Crippen molar-refractivity contribution in [1.29, 1.82) is 0 Å². The number of rotatable bonds is 5. The van der Waals surface area contributed by atoms with Gasteiger partial charge in [0.1, 0.15) is 5.82 Å². The average molecular weight is 345 g/mol. The number of nitrogens with zero attached hydrogens (tertiary/aromatic N) is 3. The van der Waals surface area contributed by atoms with Crippen LogP contribution in [0.2, 0.25) is 0 Å². The molecule has 1 aromatic carbocycles. The molecule has 3 rings (SSSR count). The van der Waals surface area contributed by atoms with E-state index >= 15 is 0 Å². The molecule has 1 fully saturated rings. The van der Waals surface area contributed by atoms with E-state index in [4.69, 9.17) is 4.52 Å². The summed E-state index contributed by atoms with van der Waals surface area (Å²) in [7, 11) is 0. The van der Waals surface area contributed by atoms with Gasteiger partial charge in [-0.1, -0.05) is 5.16 Å². The number of benzene rings is 1. The minimum Gasteiger partial charge on any atom is -0.342 e. The number of amides is 1. The highest BCUT2D eigenvalue weighted by atomic mass is 19.1. The van der Waals surface area contributed by atoms with Crippen LogP contribution < -0.4 is 0 Å². The molecule has 0 saturated carbocycles. The lowest BCUT2D eigenvalue weighted by Gasteiger charge is -2.31. The lowest BCUT2D eigenvalue weighted by Crippen LogP contribution is -2.39. The zero-order valence-corrected chi connectivity index (χ0v) is 14.1. The van der Waals surface area contributed by atoms with Crippen molar-refractivity contribution in [2.75, 3.05) is 13.1 Å². The maximum atomic E-state index is 12.9. The molecule has 0 radical (unpaired) electrons. The van der Waals surface area contributed by atoms with Gasteiger partial charge in [-0.3, -0.25) is 9.59 Å². The number of ketones is 1. The standard InChI is InChI=1S/C18H20FN3O3/c1-12-20-18(25-21-12)14-3-2-10-22(11-14)17(24)9-8-16(23)13-4-6-15(19)7-5-13/h4-7,14H,2-3,8-11H2,1H3. The number of hydrogen-bond acceptors (Lipinski definition) is 5. The zero-order valence-electron chi connectivity index (χ0n) is 14.1. The van der Waals surface area contributed by atoms with E-state index in [0.717, 1.165) is 12.8 Å². The van der Waals surface area contributed by atoms with Crippen molar-refractivity contribution in [2.24, 2.45) is 0 Å². The lowest BCUT2D eigenvalue weighted by atomic mass is 9.97. The molecule has 0 spiro atoms. The van der Waals surface area contributed by atoms with E-state index < -0.39 is 0 Å². The van der Waals surface area contributed by atoms with Crippen LogP contribution in [0.1, 0.15) is 53.7 Å². The number of hydrogen-bond donors (Lipinski definition) is 0. The third kappa shape index (κ3) is 4.29. The molecule has 7 heteroatoms. The highest BCUT2D eigenvalue weighted by Crippen LogP contribution is 2.26. The maximum Gasteiger partial charge on any atom is 0.231 e. The second-order valence-electron chi connectivity index (χ2n) is 6.29. The molecule has 25 heavy (non-hydrogen) atoms. The lowest BCUT2D eigenvalue weighted by molar-refractivity contribution is -0.132. The Hall–Kier alpha value is -2.57. The average Bonchev–Trinajstić information content (AvgIpc) is 3.06. The first-order valence-electron chi connectivity index (χ1n) is 8.39. The van der Waals surface area contributed by atoms with Gasteiger partial charge in [-0.2, -0.15) is 4.98 Å². The molecule has 2 heterocycles. The molecule has 0 bridgehead atoms. The summed E-state index contributed by atoms with van der Waals surface area (Å²) in [6, 6.07) is 5.38. The fraction of sp³-hybridized carbons (Fsp3) is 0.444. The van der Waals surface area contributed by atoms with Gasteiger partial charge in [0, 0.05) is 31.5 Å². The molecule has 0 N–H and O–H groups in total. The van der Waals surface area contributed by atoms with Gasteiger partial charge >= 0.3 is 0 Å². The third-order valence-electron chi connectivity index (χ3n) is 4.40. The topological polar surface area (TPSA) is 76.3 Å². The summed E-state index contributed by atoms with van der Waals surface area (Å²) in [5.41, 5.74) is 0.423. The Morgan fingerprint density at radius 3 is 2.72 bits per heavy atom. The Labute approximate surface area is 145 Å². The summed E-state index contributed by atoms with van der Waals surface area (Å²) >= 11 is 0. The second-order valence-corrected chi connectivity index (χ2v) is 6.29. The molecule has 1 saturated heterocycles. The Kier molecular flexibility index (Phi) is 5.21. The molecule has 1 aromatic heterocycles. The molecule has 6 nitrogen and oxygen atoms in total. The number of aromatic nitrogens is 2. The summed E-state index contributed by atoms with van der Waals surface area (Å²) < 4.78 is 18.1. The van der Waals surface area contributed by atoms with Crippen molar-refractivity contribution < 1.29 is 18.5 Å². The summed E-state index contributed by atoms with van der Waals surface area (Å²) in [5, 5.41) is 3.80. The molecule has 132 valence electrons. The molecule has 0 aliphatic carbocycles. The summed E-state index contributed by atoms with van der Waals surface area (Å²) in [5.74, 6) is 0.599. The number of halogens is 1. The van der Waals surface area contributed by atoms with Gasteiger partial charge in [0.05, 0.1) is 5.92 Å². The second kappa shape index (κ2) is 7.55. The number of piperidine rings is 1. The Morgan fingerprint density at radius 1 is 1.28 bits per heavy atom. The van der Waals surface area contributed by atoms with Gasteiger partial charge in [-0.25, -0.2) is 4.39 Å². The van der Waals surface area contributed by atoms with Gasteiger partial charge in [-0.15, -0.1) is 0 Å². The van der Waals surface area contributed by atoms with Crippen LogP contribution in [0.3, 0.4) is 0 Å². The first-order chi connectivity index (χ1) is 12.0. The molecule has 1 aliphatic rings. The van der Waals surface area contributed by atoms with E-state index in [1.54, 1.807) is 11.8 Å². The summed E-state index contributed by atoms with van der Waals surface area (Å²) in [6.45, 7) is 2.97. The minimum atomic E-state index is -0.386. The Balaban J connectivity index is 1.54. The van der Waals surface area contributed by atoms with E-state index in [9.17, 15) is 14.0 Å². The third-order valence-corrected chi connectivity index (χ3v) is 4.40. The fourth-order valence-electron chi connectivity index (χ4n) is 3.04. The van der Waals surface area contributed by atoms with Crippen LogP contribution in [0, 0.1) is 12.7 Å². The van der Waals surface area contributed by atoms with Crippen molar-refractivity contribution in [3.05, 3.63) is 47.4 Å². The van der Waals surface area contributed by atoms with Crippen LogP contribution in [-0.4, -0.2) is 39.8 Å². The predicted octanol–water partition coefficient (Wildman–Crippen LogP) is 2.89. The van der Waals surface area contributed by atoms with Crippen LogP contribution in [0.25, 0.3) is 0 Å². The van der Waals surface area contributed by atoms with Gasteiger partial charge in [0.25, 0.3) is 0 Å². The molecule has 1 unspecified atom stereocenters. The van der Waals surface area contributed by atoms with Gasteiger partial charge < -0.3 is 9.42 Å². The molecular formula is C18H20FN3O3. The normalized spacial score (nSPS) is 17.5. The van der Waals surface area contributed by atoms with Gasteiger partial charge in [0.15, 0.2) is 11.6 Å². The van der Waals surface area contributed by atoms with E-state index in [1.807, 2.05) is 0 Å². The van der Waals surface area contributed by atoms with Crippen LogP contribution in [-0.2, 0) is 4.79 Å². The van der Waals surface area contributed by atoms with Crippen molar-refractivity contribution >= 4 is 11.7 Å². The molecule has 1 atom stereocenters. The molecule has 1 aliphatic heterocycles. The van der Waals surface area contributed by atoms with E-state index in [1.165, 1.54) is 24.3 Å². The largest absolute Gasteiger partial charge is 0.342 e. The number of aryl methyl sites for hydroxylation is 1. The predicted molar refractivity (Wildman–Crippen MR) is 87.6 cm³/mol. The number of carbonyl (C=O) groups excluding carboxylic acids is 2. The summed E-state index contributed by atoms with van der Waals surface area (Å²) in [4.78, 5) is 30.5. The highest BCUT2D eigenvalue weighted by molar-refractivity contribution is 5.97. The van der Waals surface area contributed by atoms with Gasteiger partial charge in [-0.05, 0) is 44.0 Å². The maximum absolute atomic E-state index is 12.9. The van der Waals surface area contributed by atoms with Gasteiger partial charge in [0.2, 0.25) is 11.8 Å². The first-order valence-corrected chi connectivity index (χ1v) is 8.39. The van der Waals surface area contributed by atoms with Crippen molar-refractivity contribution in [3.8, 4) is 0 Å². The van der Waals surface area contributed by atoms with Crippen LogP contribution in [0.15, 0.2) is 28.8 Å². The molecule has 2 aromatic rings. The SMILES string of the molecule is Cc1noc(C2CCCN(C(=O)CCC(=O)c3ccc(F)cc3)C2)n1. The van der Waals surface area contributed by atoms with Crippen molar-refractivity contribution in [3.63, 3.8) is 0 Å². The van der Waals surface area contributed by atoms with Crippen LogP contribution in [0.5, 0.6) is 0 Å². The minimum absolute atomic E-state index is 0.0479. The Bertz CT molecular complexity index is 757. The van der Waals surface area contributed by atoms with E-state index in [2.05, 4.69) is 10.1 Å². The van der Waals surface area contributed by atoms with E-state index in [-0.39, 0.29) is 36.3 Å². The Morgan fingerprint density at radius 2 is 2.04 bits per heavy atom.